The molecule has 1 N–H and O–H groups in total. The van der Waals surface area contributed by atoms with Crippen LogP contribution in [0.3, 0.4) is 0 Å². The Hall–Kier alpha value is -1.78. The Kier molecular flexibility index (Phi) is 4.24. The molecule has 1 aromatic carbocycles. The molecule has 0 aliphatic rings. The quantitative estimate of drug-likeness (QED) is 0.935. The van der Waals surface area contributed by atoms with Crippen molar-refractivity contribution in [2.24, 2.45) is 0 Å². The molecule has 0 saturated heterocycles. The molecular weight excluding hydrogens is 266 g/mol. The van der Waals surface area contributed by atoms with Crippen molar-refractivity contribution in [1.29, 1.82) is 0 Å². The lowest BCUT2D eigenvalue weighted by Crippen LogP contribution is -2.02. The van der Waals surface area contributed by atoms with Gasteiger partial charge in [0.25, 0.3) is 0 Å². The molecule has 0 bridgehead atoms. The summed E-state index contributed by atoms with van der Waals surface area (Å²) in [6.45, 7) is 0. The number of aliphatic hydroxyl groups is 1. The van der Waals surface area contributed by atoms with Crippen LogP contribution in [0.2, 0.25) is 5.02 Å². The summed E-state index contributed by atoms with van der Waals surface area (Å²) in [4.78, 5) is 3.89. The number of hydrogen-bond donors (Lipinski definition) is 1. The summed E-state index contributed by atoms with van der Waals surface area (Å²) < 4.78 is 10.4. The summed E-state index contributed by atoms with van der Waals surface area (Å²) in [5, 5.41) is 10.8. The number of rotatable bonds is 4. The van der Waals surface area contributed by atoms with Crippen LogP contribution < -0.4 is 9.47 Å². The maximum atomic E-state index is 10.3. The summed E-state index contributed by atoms with van der Waals surface area (Å²) in [5.41, 5.74) is 1.27. The minimum absolute atomic E-state index is 0.421. The van der Waals surface area contributed by atoms with Gasteiger partial charge in [-0.25, -0.2) is 0 Å². The fourth-order valence-electron chi connectivity index (χ4n) is 1.81. The lowest BCUT2D eigenvalue weighted by molar-refractivity contribution is 0.219. The van der Waals surface area contributed by atoms with E-state index in [9.17, 15) is 5.11 Å². The monoisotopic (exact) mass is 279 g/mol. The Balaban J connectivity index is 2.39. The van der Waals surface area contributed by atoms with E-state index in [-0.39, 0.29) is 0 Å². The third-order valence-corrected chi connectivity index (χ3v) is 3.14. The Morgan fingerprint density at radius 3 is 2.53 bits per heavy atom. The summed E-state index contributed by atoms with van der Waals surface area (Å²) in [7, 11) is 3.11. The number of ether oxygens (including phenoxy) is 2. The molecule has 1 unspecified atom stereocenters. The van der Waals surface area contributed by atoms with E-state index < -0.39 is 6.10 Å². The predicted octanol–water partition coefficient (Wildman–Crippen LogP) is 2.83. The van der Waals surface area contributed by atoms with Gasteiger partial charge in [0, 0.05) is 18.0 Å². The van der Waals surface area contributed by atoms with Crippen molar-refractivity contribution in [3.63, 3.8) is 0 Å². The molecule has 1 aromatic heterocycles. The second-order valence-electron chi connectivity index (χ2n) is 3.91. The standard InChI is InChI=1S/C14H14ClNO3/c1-18-12-4-3-9(7-13(12)19-2)14(17)10-5-6-16-8-11(10)15/h3-8,14,17H,1-2H3. The van der Waals surface area contributed by atoms with Gasteiger partial charge < -0.3 is 14.6 Å². The van der Waals surface area contributed by atoms with Gasteiger partial charge in [-0.05, 0) is 23.8 Å². The topological polar surface area (TPSA) is 51.6 Å². The minimum atomic E-state index is -0.838. The maximum Gasteiger partial charge on any atom is 0.161 e. The van der Waals surface area contributed by atoms with Crippen LogP contribution in [0.15, 0.2) is 36.7 Å². The molecule has 2 aromatic rings. The second-order valence-corrected chi connectivity index (χ2v) is 4.32. The Bertz CT molecular complexity index is 574. The van der Waals surface area contributed by atoms with Crippen LogP contribution in [0.4, 0.5) is 0 Å². The fourth-order valence-corrected chi connectivity index (χ4v) is 2.03. The molecule has 1 heterocycles. The number of aliphatic hydroxyl groups excluding tert-OH is 1. The van der Waals surface area contributed by atoms with Crippen LogP contribution >= 0.6 is 11.6 Å². The first-order valence-corrected chi connectivity index (χ1v) is 6.04. The second kappa shape index (κ2) is 5.91. The summed E-state index contributed by atoms with van der Waals surface area (Å²) in [6, 6.07) is 6.92. The Morgan fingerprint density at radius 1 is 1.16 bits per heavy atom. The van der Waals surface area contributed by atoms with Crippen molar-refractivity contribution < 1.29 is 14.6 Å². The van der Waals surface area contributed by atoms with E-state index >= 15 is 0 Å². The number of nitrogens with zero attached hydrogens (tertiary/aromatic N) is 1. The molecule has 0 radical (unpaired) electrons. The number of aromatic nitrogens is 1. The van der Waals surface area contributed by atoms with E-state index in [1.54, 1.807) is 44.7 Å². The first-order valence-electron chi connectivity index (χ1n) is 5.66. The smallest absolute Gasteiger partial charge is 0.161 e. The highest BCUT2D eigenvalue weighted by molar-refractivity contribution is 6.31. The van der Waals surface area contributed by atoms with E-state index in [0.717, 1.165) is 0 Å². The van der Waals surface area contributed by atoms with E-state index in [0.29, 0.717) is 27.6 Å². The zero-order chi connectivity index (χ0) is 13.8. The summed E-state index contributed by atoms with van der Waals surface area (Å²) in [6.07, 6.45) is 2.25. The first kappa shape index (κ1) is 13.6. The summed E-state index contributed by atoms with van der Waals surface area (Å²) in [5.74, 6) is 1.17. The van der Waals surface area contributed by atoms with E-state index in [2.05, 4.69) is 4.98 Å². The SMILES string of the molecule is COc1ccc(C(O)c2ccncc2Cl)cc1OC. The third-order valence-electron chi connectivity index (χ3n) is 2.82. The number of halogens is 1. The molecule has 100 valence electrons. The van der Waals surface area contributed by atoms with E-state index in [1.165, 1.54) is 6.20 Å². The van der Waals surface area contributed by atoms with Gasteiger partial charge in [0.15, 0.2) is 11.5 Å². The molecule has 4 nitrogen and oxygen atoms in total. The van der Waals surface area contributed by atoms with Crippen molar-refractivity contribution in [2.45, 2.75) is 6.10 Å². The first-order chi connectivity index (χ1) is 9.17. The molecule has 2 rings (SSSR count). The van der Waals surface area contributed by atoms with Crippen molar-refractivity contribution in [1.82, 2.24) is 4.98 Å². The molecule has 0 fully saturated rings. The number of methoxy groups -OCH3 is 2. The predicted molar refractivity (Wildman–Crippen MR) is 72.9 cm³/mol. The molecule has 1 atom stereocenters. The molecule has 0 saturated carbocycles. The Labute approximate surface area is 116 Å². The third kappa shape index (κ3) is 2.80. The number of hydrogen-bond acceptors (Lipinski definition) is 4. The van der Waals surface area contributed by atoms with Crippen molar-refractivity contribution in [2.75, 3.05) is 14.2 Å². The van der Waals surface area contributed by atoms with Crippen LogP contribution in [0.1, 0.15) is 17.2 Å². The largest absolute Gasteiger partial charge is 0.493 e. The van der Waals surface area contributed by atoms with Crippen LogP contribution in [0.5, 0.6) is 11.5 Å². The van der Waals surface area contributed by atoms with Gasteiger partial charge in [0.2, 0.25) is 0 Å². The van der Waals surface area contributed by atoms with Crippen LogP contribution in [-0.4, -0.2) is 24.3 Å². The molecule has 0 aliphatic heterocycles. The normalized spacial score (nSPS) is 12.0. The average molecular weight is 280 g/mol. The van der Waals surface area contributed by atoms with E-state index in [1.807, 2.05) is 0 Å². The van der Waals surface area contributed by atoms with Crippen molar-refractivity contribution in [3.05, 3.63) is 52.8 Å². The Morgan fingerprint density at radius 2 is 1.89 bits per heavy atom. The molecule has 0 spiro atoms. The number of pyridine rings is 1. The molecule has 19 heavy (non-hydrogen) atoms. The van der Waals surface area contributed by atoms with E-state index in [4.69, 9.17) is 21.1 Å². The maximum absolute atomic E-state index is 10.3. The molecule has 5 heteroatoms. The average Bonchev–Trinajstić information content (AvgIpc) is 2.46. The van der Waals surface area contributed by atoms with Gasteiger partial charge in [-0.2, -0.15) is 0 Å². The van der Waals surface area contributed by atoms with Gasteiger partial charge in [0.1, 0.15) is 6.10 Å². The lowest BCUT2D eigenvalue weighted by atomic mass is 10.0. The van der Waals surface area contributed by atoms with Gasteiger partial charge in [0.05, 0.1) is 19.2 Å². The summed E-state index contributed by atoms with van der Waals surface area (Å²) >= 11 is 6.02. The van der Waals surface area contributed by atoms with Gasteiger partial charge in [-0.1, -0.05) is 17.7 Å². The van der Waals surface area contributed by atoms with Gasteiger partial charge in [-0.15, -0.1) is 0 Å². The highest BCUT2D eigenvalue weighted by Gasteiger charge is 2.16. The van der Waals surface area contributed by atoms with Gasteiger partial charge >= 0.3 is 0 Å². The zero-order valence-corrected chi connectivity index (χ0v) is 11.4. The van der Waals surface area contributed by atoms with Crippen molar-refractivity contribution >= 4 is 11.6 Å². The highest BCUT2D eigenvalue weighted by atomic mass is 35.5. The highest BCUT2D eigenvalue weighted by Crippen LogP contribution is 2.33. The van der Waals surface area contributed by atoms with Crippen LogP contribution in [-0.2, 0) is 0 Å². The number of benzene rings is 1. The van der Waals surface area contributed by atoms with Crippen molar-refractivity contribution in [3.8, 4) is 11.5 Å². The molecule has 0 amide bonds. The fraction of sp³-hybridized carbons (Fsp3) is 0.214. The van der Waals surface area contributed by atoms with Crippen LogP contribution in [0, 0.1) is 0 Å². The van der Waals surface area contributed by atoms with Gasteiger partial charge in [-0.3, -0.25) is 4.98 Å². The lowest BCUT2D eigenvalue weighted by Gasteiger charge is -2.15. The van der Waals surface area contributed by atoms with Crippen LogP contribution in [0.25, 0.3) is 0 Å². The minimum Gasteiger partial charge on any atom is -0.493 e. The zero-order valence-electron chi connectivity index (χ0n) is 10.6. The molecule has 0 aliphatic carbocycles. The molecular formula is C14H14ClNO3.